The zero-order valence-electron chi connectivity index (χ0n) is 19.8. The number of hydrogen-bond donors (Lipinski definition) is 1. The maximum atomic E-state index is 12.6. The number of hydrogen-bond acceptors (Lipinski definition) is 6. The summed E-state index contributed by atoms with van der Waals surface area (Å²) in [6.45, 7) is 2.45. The van der Waals surface area contributed by atoms with Crippen LogP contribution in [0.1, 0.15) is 18.4 Å². The molecule has 1 aliphatic heterocycles. The van der Waals surface area contributed by atoms with Gasteiger partial charge >= 0.3 is 0 Å². The van der Waals surface area contributed by atoms with Crippen LogP contribution in [0.2, 0.25) is 0 Å². The fourth-order valence-corrected chi connectivity index (χ4v) is 5.11. The predicted molar refractivity (Wildman–Crippen MR) is 136 cm³/mol. The predicted octanol–water partition coefficient (Wildman–Crippen LogP) is 3.60. The molecular formula is C25H31N5O3S. The Balaban J connectivity index is 1.40. The number of likely N-dealkylation sites (tertiary alicyclic amines) is 1. The molecule has 0 spiro atoms. The van der Waals surface area contributed by atoms with Gasteiger partial charge in [0.1, 0.15) is 12.1 Å². The second-order valence-corrected chi connectivity index (χ2v) is 10.4. The van der Waals surface area contributed by atoms with Gasteiger partial charge in [-0.15, -0.1) is 4.40 Å². The quantitative estimate of drug-likeness (QED) is 0.389. The summed E-state index contributed by atoms with van der Waals surface area (Å²) >= 11 is 0. The van der Waals surface area contributed by atoms with Gasteiger partial charge in [-0.1, -0.05) is 6.07 Å². The number of rotatable bonds is 8. The summed E-state index contributed by atoms with van der Waals surface area (Å²) in [5.74, 6) is 0.682. The van der Waals surface area contributed by atoms with Crippen LogP contribution >= 0.6 is 0 Å². The van der Waals surface area contributed by atoms with Crippen LogP contribution in [0.3, 0.4) is 0 Å². The highest BCUT2D eigenvalue weighted by Crippen LogP contribution is 2.27. The molecule has 0 radical (unpaired) electrons. The van der Waals surface area contributed by atoms with Crippen molar-refractivity contribution < 1.29 is 13.2 Å². The molecule has 0 atom stereocenters. The Kier molecular flexibility index (Phi) is 7.33. The number of nitrogens with one attached hydrogen (secondary N) is 1. The number of methoxy groups -OCH3 is 1. The van der Waals surface area contributed by atoms with Crippen molar-refractivity contribution in [2.45, 2.75) is 30.3 Å². The van der Waals surface area contributed by atoms with Gasteiger partial charge in [0.25, 0.3) is 10.0 Å². The van der Waals surface area contributed by atoms with E-state index in [1.165, 1.54) is 11.7 Å². The van der Waals surface area contributed by atoms with Gasteiger partial charge in [0.05, 0.1) is 12.0 Å². The van der Waals surface area contributed by atoms with Gasteiger partial charge in [-0.2, -0.15) is 8.42 Å². The fraction of sp³-hybridized carbons (Fsp3) is 0.360. The van der Waals surface area contributed by atoms with Crippen molar-refractivity contribution in [2.75, 3.05) is 39.6 Å². The minimum atomic E-state index is -3.76. The molecule has 1 aromatic heterocycles. The minimum absolute atomic E-state index is 0.171. The summed E-state index contributed by atoms with van der Waals surface area (Å²) in [6.07, 6.45) is 6.99. The molecule has 8 nitrogen and oxygen atoms in total. The first kappa shape index (κ1) is 24.0. The largest absolute Gasteiger partial charge is 0.496 e. The maximum Gasteiger partial charge on any atom is 0.283 e. The zero-order chi connectivity index (χ0) is 24.1. The van der Waals surface area contributed by atoms with Crippen molar-refractivity contribution in [3.8, 4) is 5.75 Å². The van der Waals surface area contributed by atoms with Gasteiger partial charge < -0.3 is 15.0 Å². The van der Waals surface area contributed by atoms with Crippen LogP contribution < -0.4 is 10.1 Å². The van der Waals surface area contributed by atoms with E-state index in [9.17, 15) is 8.42 Å². The molecule has 1 aliphatic rings. The van der Waals surface area contributed by atoms with Crippen molar-refractivity contribution in [1.29, 1.82) is 0 Å². The molecule has 9 heteroatoms. The number of pyridine rings is 1. The maximum absolute atomic E-state index is 12.6. The van der Waals surface area contributed by atoms with E-state index in [0.29, 0.717) is 18.3 Å². The molecule has 1 fully saturated rings. The molecule has 2 heterocycles. The first-order valence-electron chi connectivity index (χ1n) is 11.3. The summed E-state index contributed by atoms with van der Waals surface area (Å²) in [5.41, 5.74) is 1.97. The molecule has 2 aromatic carbocycles. The van der Waals surface area contributed by atoms with Crippen LogP contribution in [0.4, 0.5) is 5.69 Å². The lowest BCUT2D eigenvalue weighted by atomic mass is 10.0. The Morgan fingerprint density at radius 2 is 1.94 bits per heavy atom. The minimum Gasteiger partial charge on any atom is -0.496 e. The zero-order valence-corrected chi connectivity index (χ0v) is 20.6. The van der Waals surface area contributed by atoms with Crippen LogP contribution in [-0.4, -0.2) is 69.9 Å². The van der Waals surface area contributed by atoms with E-state index >= 15 is 0 Å². The lowest BCUT2D eigenvalue weighted by molar-refractivity contribution is 0.208. The number of anilines is 1. The summed E-state index contributed by atoms with van der Waals surface area (Å²) in [5, 5.41) is 5.97. The highest BCUT2D eigenvalue weighted by atomic mass is 32.2. The Hall–Kier alpha value is -3.17. The molecule has 3 aromatic rings. The highest BCUT2D eigenvalue weighted by Gasteiger charge is 2.22. The van der Waals surface area contributed by atoms with Crippen molar-refractivity contribution in [3.05, 3.63) is 60.4 Å². The molecule has 0 amide bonds. The van der Waals surface area contributed by atoms with Crippen molar-refractivity contribution >= 4 is 32.8 Å². The lowest BCUT2D eigenvalue weighted by Crippen LogP contribution is -2.38. The molecule has 4 rings (SSSR count). The highest BCUT2D eigenvalue weighted by molar-refractivity contribution is 7.90. The number of piperidine rings is 1. The number of benzene rings is 2. The molecule has 180 valence electrons. The van der Waals surface area contributed by atoms with Crippen molar-refractivity contribution in [2.24, 2.45) is 4.40 Å². The Morgan fingerprint density at radius 3 is 2.68 bits per heavy atom. The van der Waals surface area contributed by atoms with Gasteiger partial charge in [0.15, 0.2) is 0 Å². The first-order chi connectivity index (χ1) is 16.3. The number of nitrogens with zero attached hydrogens (tertiary/aromatic N) is 4. The van der Waals surface area contributed by atoms with Crippen molar-refractivity contribution in [1.82, 2.24) is 14.8 Å². The summed E-state index contributed by atoms with van der Waals surface area (Å²) in [7, 11) is 1.30. The van der Waals surface area contributed by atoms with Crippen LogP contribution in [0.15, 0.2) is 64.2 Å². The molecule has 1 N–H and O–H groups in total. The summed E-state index contributed by atoms with van der Waals surface area (Å²) < 4.78 is 34.4. The Labute approximate surface area is 201 Å². The molecule has 0 unspecified atom stereocenters. The average molecular weight is 482 g/mol. The Bertz CT molecular complexity index is 1270. The molecule has 1 saturated heterocycles. The molecule has 34 heavy (non-hydrogen) atoms. The number of aromatic nitrogens is 1. The van der Waals surface area contributed by atoms with Gasteiger partial charge in [-0.3, -0.25) is 9.88 Å². The first-order valence-corrected chi connectivity index (χ1v) is 12.7. The monoisotopic (exact) mass is 481 g/mol. The van der Waals surface area contributed by atoms with Crippen LogP contribution in [-0.2, 0) is 16.6 Å². The van der Waals surface area contributed by atoms with Gasteiger partial charge in [0, 0.05) is 68.8 Å². The second kappa shape index (κ2) is 10.4. The fourth-order valence-electron chi connectivity index (χ4n) is 4.14. The van der Waals surface area contributed by atoms with Gasteiger partial charge in [0.2, 0.25) is 0 Å². The van der Waals surface area contributed by atoms with E-state index in [2.05, 4.69) is 37.8 Å². The van der Waals surface area contributed by atoms with Crippen molar-refractivity contribution in [3.63, 3.8) is 0 Å². The summed E-state index contributed by atoms with van der Waals surface area (Å²) in [6, 6.07) is 13.7. The molecule has 0 aliphatic carbocycles. The number of sulfonamides is 1. The van der Waals surface area contributed by atoms with Gasteiger partial charge in [-0.05, 0) is 54.6 Å². The standard InChI is InChI=1S/C25H31N5O3S/c1-29(2)18-27-34(31,32)24-6-7-25(33-3)21(15-24)17-30-12-9-22(10-13-30)28-23-5-4-20-16-26-11-8-19(20)14-23/h4-8,11,14-16,18,22,28H,9-10,12-13,17H2,1-3H3. The Morgan fingerprint density at radius 1 is 1.15 bits per heavy atom. The van der Waals surface area contributed by atoms with E-state index in [1.807, 2.05) is 18.5 Å². The smallest absolute Gasteiger partial charge is 0.283 e. The van der Waals surface area contributed by atoms with Gasteiger partial charge in [-0.25, -0.2) is 0 Å². The van der Waals surface area contributed by atoms with E-state index in [1.54, 1.807) is 44.3 Å². The second-order valence-electron chi connectivity index (χ2n) is 8.77. The topological polar surface area (TPSA) is 87.1 Å². The third-order valence-electron chi connectivity index (χ3n) is 5.96. The number of ether oxygens (including phenoxy) is 1. The normalized spacial score (nSPS) is 15.6. The lowest BCUT2D eigenvalue weighted by Gasteiger charge is -2.33. The molecule has 0 bridgehead atoms. The van der Waals surface area contributed by atoms with E-state index in [0.717, 1.165) is 42.6 Å². The SMILES string of the molecule is COc1ccc(S(=O)(=O)N=CN(C)C)cc1CN1CCC(Nc2ccc3cnccc3c2)CC1. The van der Waals surface area contributed by atoms with Crippen LogP contribution in [0.25, 0.3) is 10.8 Å². The number of fused-ring (bicyclic) bond motifs is 1. The molecular weight excluding hydrogens is 450 g/mol. The van der Waals surface area contributed by atoms with E-state index < -0.39 is 10.0 Å². The summed E-state index contributed by atoms with van der Waals surface area (Å²) in [4.78, 5) is 8.27. The third kappa shape index (κ3) is 5.84. The van der Waals surface area contributed by atoms with Crippen LogP contribution in [0.5, 0.6) is 5.75 Å². The van der Waals surface area contributed by atoms with Crippen LogP contribution in [0, 0.1) is 0 Å². The van der Waals surface area contributed by atoms with E-state index in [-0.39, 0.29) is 4.90 Å². The van der Waals surface area contributed by atoms with E-state index in [4.69, 9.17) is 4.74 Å². The third-order valence-corrected chi connectivity index (χ3v) is 7.18. The molecule has 0 saturated carbocycles. The average Bonchev–Trinajstić information content (AvgIpc) is 2.84.